The number of nitrogens with zero attached hydrogens (tertiary/aromatic N) is 1. The summed E-state index contributed by atoms with van der Waals surface area (Å²) in [7, 11) is 1.44. The van der Waals surface area contributed by atoms with Gasteiger partial charge in [0, 0.05) is 16.1 Å². The van der Waals surface area contributed by atoms with Gasteiger partial charge in [0.25, 0.3) is 0 Å². The fourth-order valence-corrected chi connectivity index (χ4v) is 4.96. The molecule has 2 heterocycles. The quantitative estimate of drug-likeness (QED) is 0.276. The van der Waals surface area contributed by atoms with Crippen LogP contribution in [0.25, 0.3) is 44.7 Å². The van der Waals surface area contributed by atoms with Crippen LogP contribution < -0.4 is 5.35 Å². The minimum absolute atomic E-state index is 0.341. The molecule has 2 aromatic heterocycles. The first-order valence-corrected chi connectivity index (χ1v) is 11.6. The summed E-state index contributed by atoms with van der Waals surface area (Å²) in [6.45, 7) is 0. The van der Waals surface area contributed by atoms with E-state index >= 15 is 0 Å². The number of esters is 1. The highest BCUT2D eigenvalue weighted by atomic mass is 16.5. The van der Waals surface area contributed by atoms with Crippen molar-refractivity contribution in [1.82, 2.24) is 4.40 Å². The lowest BCUT2D eigenvalue weighted by molar-refractivity contribution is 0.0604. The van der Waals surface area contributed by atoms with Crippen molar-refractivity contribution >= 4 is 28.3 Å². The van der Waals surface area contributed by atoms with Crippen molar-refractivity contribution in [3.8, 4) is 22.4 Å². The number of ether oxygens (including phenoxy) is 1. The highest BCUT2D eigenvalue weighted by Crippen LogP contribution is 2.38. The van der Waals surface area contributed by atoms with E-state index in [1.165, 1.54) is 7.11 Å². The van der Waals surface area contributed by atoms with Crippen molar-refractivity contribution in [3.63, 3.8) is 0 Å². The average molecular weight is 454 g/mol. The van der Waals surface area contributed by atoms with Crippen molar-refractivity contribution in [1.29, 1.82) is 0 Å². The fourth-order valence-electron chi connectivity index (χ4n) is 4.96. The maximum absolute atomic E-state index is 13.2. The third-order valence-corrected chi connectivity index (χ3v) is 6.47. The fraction of sp³-hybridized carbons (Fsp3) is 0.0312. The number of aromatic nitrogens is 1. The SMILES string of the molecule is COC(=O)c1c(-c2ccccc2)n2/c(=C\c3ccccc3)cc(-c3ccccc3)c3cccc1c32. The highest BCUT2D eigenvalue weighted by molar-refractivity contribution is 6.16. The molecule has 0 amide bonds. The van der Waals surface area contributed by atoms with E-state index in [0.29, 0.717) is 5.56 Å². The molecule has 168 valence electrons. The minimum atomic E-state index is -0.341. The maximum atomic E-state index is 13.2. The maximum Gasteiger partial charge on any atom is 0.340 e. The first-order valence-electron chi connectivity index (χ1n) is 11.6. The third kappa shape index (κ3) is 3.49. The Kier molecular flexibility index (Phi) is 5.16. The molecule has 3 heteroatoms. The van der Waals surface area contributed by atoms with Crippen molar-refractivity contribution in [3.05, 3.63) is 132 Å². The van der Waals surface area contributed by atoms with Crippen molar-refractivity contribution in [2.75, 3.05) is 7.11 Å². The van der Waals surface area contributed by atoms with E-state index in [2.05, 4.69) is 59.0 Å². The molecule has 6 rings (SSSR count). The Balaban J connectivity index is 1.86. The molecule has 0 aliphatic carbocycles. The molecule has 0 aliphatic heterocycles. The van der Waals surface area contributed by atoms with Gasteiger partial charge in [-0.3, -0.25) is 0 Å². The second-order valence-electron chi connectivity index (χ2n) is 8.52. The number of methoxy groups -OCH3 is 1. The number of rotatable bonds is 4. The molecule has 0 spiro atoms. The molecule has 4 aromatic carbocycles. The number of hydrogen-bond acceptors (Lipinski definition) is 2. The minimum Gasteiger partial charge on any atom is -0.465 e. The summed E-state index contributed by atoms with van der Waals surface area (Å²) < 4.78 is 7.51. The third-order valence-electron chi connectivity index (χ3n) is 6.47. The molecule has 0 saturated carbocycles. The Labute approximate surface area is 203 Å². The number of benzene rings is 4. The number of carbonyl (C=O) groups excluding carboxylic acids is 1. The zero-order chi connectivity index (χ0) is 23.8. The summed E-state index contributed by atoms with van der Waals surface area (Å²) in [6, 6.07) is 39.1. The molecule has 0 fully saturated rings. The zero-order valence-corrected chi connectivity index (χ0v) is 19.3. The van der Waals surface area contributed by atoms with Crippen LogP contribution in [0, 0.1) is 0 Å². The van der Waals surface area contributed by atoms with Crippen LogP contribution in [-0.2, 0) is 4.74 Å². The molecule has 6 aromatic rings. The predicted molar refractivity (Wildman–Crippen MR) is 142 cm³/mol. The molecule has 3 nitrogen and oxygen atoms in total. The molecule has 0 radical (unpaired) electrons. The van der Waals surface area contributed by atoms with Gasteiger partial charge in [-0.2, -0.15) is 0 Å². The molecular weight excluding hydrogens is 430 g/mol. The first-order chi connectivity index (χ1) is 17.3. The lowest BCUT2D eigenvalue weighted by Gasteiger charge is -2.12. The molecule has 35 heavy (non-hydrogen) atoms. The topological polar surface area (TPSA) is 30.7 Å². The molecular formula is C32H23NO2. The van der Waals surface area contributed by atoms with Crippen LogP contribution in [0.5, 0.6) is 0 Å². The Bertz CT molecular complexity index is 1720. The van der Waals surface area contributed by atoms with Crippen molar-refractivity contribution < 1.29 is 9.53 Å². The van der Waals surface area contributed by atoms with Crippen LogP contribution >= 0.6 is 0 Å². The first kappa shape index (κ1) is 20.9. The highest BCUT2D eigenvalue weighted by Gasteiger charge is 2.25. The van der Waals surface area contributed by atoms with Crippen molar-refractivity contribution in [2.45, 2.75) is 0 Å². The Morgan fingerprint density at radius 2 is 1.31 bits per heavy atom. The molecule has 0 aliphatic rings. The van der Waals surface area contributed by atoms with Crippen LogP contribution in [0.15, 0.2) is 115 Å². The lowest BCUT2D eigenvalue weighted by Crippen LogP contribution is -2.16. The number of pyridine rings is 1. The Morgan fingerprint density at radius 3 is 1.97 bits per heavy atom. The Hall–Kier alpha value is -4.63. The normalized spacial score (nSPS) is 11.9. The van der Waals surface area contributed by atoms with Gasteiger partial charge in [-0.25, -0.2) is 4.79 Å². The van der Waals surface area contributed by atoms with Crippen LogP contribution in [0.1, 0.15) is 15.9 Å². The smallest absolute Gasteiger partial charge is 0.340 e. The summed E-state index contributed by atoms with van der Waals surface area (Å²) in [5, 5.41) is 2.97. The van der Waals surface area contributed by atoms with E-state index in [0.717, 1.165) is 49.6 Å². The van der Waals surface area contributed by atoms with E-state index in [1.54, 1.807) is 0 Å². The molecule has 0 atom stereocenters. The number of carbonyl (C=O) groups is 1. The van der Waals surface area contributed by atoms with Crippen LogP contribution in [0.3, 0.4) is 0 Å². The van der Waals surface area contributed by atoms with Crippen molar-refractivity contribution in [2.24, 2.45) is 0 Å². The summed E-state index contributed by atoms with van der Waals surface area (Å²) in [5.41, 5.74) is 6.74. The number of hydrogen-bond donors (Lipinski definition) is 0. The van der Waals surface area contributed by atoms with Gasteiger partial charge in [-0.05, 0) is 34.4 Å². The summed E-state index contributed by atoms with van der Waals surface area (Å²) in [4.78, 5) is 13.2. The summed E-state index contributed by atoms with van der Waals surface area (Å²) >= 11 is 0. The van der Waals surface area contributed by atoms with E-state index in [9.17, 15) is 4.79 Å². The van der Waals surface area contributed by atoms with E-state index in [1.807, 2.05) is 66.7 Å². The lowest BCUT2D eigenvalue weighted by atomic mass is 9.99. The van der Waals surface area contributed by atoms with Gasteiger partial charge in [0.2, 0.25) is 0 Å². The Morgan fingerprint density at radius 1 is 0.714 bits per heavy atom. The van der Waals surface area contributed by atoms with Gasteiger partial charge >= 0.3 is 5.97 Å². The van der Waals surface area contributed by atoms with Crippen LogP contribution in [-0.4, -0.2) is 17.5 Å². The molecule has 0 bridgehead atoms. The molecule has 0 N–H and O–H groups in total. The van der Waals surface area contributed by atoms with E-state index in [4.69, 9.17) is 4.74 Å². The van der Waals surface area contributed by atoms with Gasteiger partial charge in [0.1, 0.15) is 0 Å². The summed E-state index contributed by atoms with van der Waals surface area (Å²) in [5.74, 6) is -0.341. The van der Waals surface area contributed by atoms with Gasteiger partial charge in [-0.15, -0.1) is 0 Å². The standard InChI is InChI=1S/C32H23NO2/c1-35-32(34)29-27-19-11-18-26-28(23-14-7-3-8-15-23)21-25(20-22-12-5-2-6-13-22)33(31(26)27)30(29)24-16-9-4-10-17-24/h2-21H,1H3/b25-20-. The second-order valence-corrected chi connectivity index (χ2v) is 8.52. The second kappa shape index (κ2) is 8.62. The van der Waals surface area contributed by atoms with Gasteiger partial charge in [0.15, 0.2) is 0 Å². The van der Waals surface area contributed by atoms with Gasteiger partial charge in [-0.1, -0.05) is 109 Å². The van der Waals surface area contributed by atoms with E-state index in [-0.39, 0.29) is 5.97 Å². The summed E-state index contributed by atoms with van der Waals surface area (Å²) in [6.07, 6.45) is 2.17. The number of para-hydroxylation sites is 1. The largest absolute Gasteiger partial charge is 0.465 e. The monoisotopic (exact) mass is 453 g/mol. The zero-order valence-electron chi connectivity index (χ0n) is 19.3. The predicted octanol–water partition coefficient (Wildman–Crippen LogP) is 6.76. The van der Waals surface area contributed by atoms with E-state index < -0.39 is 0 Å². The van der Waals surface area contributed by atoms with Gasteiger partial charge in [0.05, 0.1) is 23.9 Å². The average Bonchev–Trinajstić information content (AvgIpc) is 3.28. The molecule has 0 saturated heterocycles. The molecule has 0 unspecified atom stereocenters. The van der Waals surface area contributed by atoms with Crippen LogP contribution in [0.2, 0.25) is 0 Å². The van der Waals surface area contributed by atoms with Crippen LogP contribution in [0.4, 0.5) is 0 Å². The van der Waals surface area contributed by atoms with Gasteiger partial charge < -0.3 is 9.14 Å².